The van der Waals surface area contributed by atoms with E-state index in [2.05, 4.69) is 4.99 Å². The fraction of sp³-hybridized carbons (Fsp3) is 0.533. The molecule has 0 spiro atoms. The maximum atomic E-state index is 5.51. The first-order valence-electron chi connectivity index (χ1n) is 6.59. The van der Waals surface area contributed by atoms with Crippen molar-refractivity contribution in [2.45, 2.75) is 18.9 Å². The fourth-order valence-corrected chi connectivity index (χ4v) is 2.46. The second kappa shape index (κ2) is 6.11. The highest BCUT2D eigenvalue weighted by Crippen LogP contribution is 2.47. The predicted molar refractivity (Wildman–Crippen MR) is 79.2 cm³/mol. The summed E-state index contributed by atoms with van der Waals surface area (Å²) in [5, 5.41) is 0. The van der Waals surface area contributed by atoms with Crippen molar-refractivity contribution in [2.75, 3.05) is 35.0 Å². The lowest BCUT2D eigenvalue weighted by Crippen LogP contribution is -2.27. The van der Waals surface area contributed by atoms with Crippen molar-refractivity contribution >= 4 is 6.40 Å². The summed E-state index contributed by atoms with van der Waals surface area (Å²) in [6, 6.07) is 1.89. The van der Waals surface area contributed by atoms with Crippen LogP contribution in [0.25, 0.3) is 0 Å². The van der Waals surface area contributed by atoms with Gasteiger partial charge in [-0.2, -0.15) is 0 Å². The van der Waals surface area contributed by atoms with Gasteiger partial charge < -0.3 is 23.7 Å². The summed E-state index contributed by atoms with van der Waals surface area (Å²) in [4.78, 5) is 4.38. The number of rotatable bonds is 6. The number of hydrogen-bond donors (Lipinski definition) is 0. The molecule has 0 amide bonds. The average molecular weight is 295 g/mol. The average Bonchev–Trinajstić information content (AvgIpc) is 2.91. The summed E-state index contributed by atoms with van der Waals surface area (Å²) in [5.41, 5.74) is 0.606. The number of aliphatic imine (C=N–C) groups is 1. The van der Waals surface area contributed by atoms with E-state index in [9.17, 15) is 0 Å². The van der Waals surface area contributed by atoms with Crippen LogP contribution in [-0.4, -0.2) is 47.0 Å². The SMILES string of the molecule is COc1cc(CC2(C)COC=N2)c(OC)c(OC)c1OC. The molecule has 1 aromatic rings. The second-order valence-corrected chi connectivity index (χ2v) is 5.06. The monoisotopic (exact) mass is 295 g/mol. The topological polar surface area (TPSA) is 58.5 Å². The summed E-state index contributed by atoms with van der Waals surface area (Å²) in [6.45, 7) is 2.56. The van der Waals surface area contributed by atoms with Crippen molar-refractivity contribution in [1.82, 2.24) is 0 Å². The molecule has 6 nitrogen and oxygen atoms in total. The van der Waals surface area contributed by atoms with Gasteiger partial charge >= 0.3 is 0 Å². The molecule has 1 aliphatic rings. The Labute approximate surface area is 124 Å². The molecule has 1 unspecified atom stereocenters. The van der Waals surface area contributed by atoms with E-state index in [1.807, 2.05) is 13.0 Å². The minimum atomic E-state index is -0.322. The lowest BCUT2D eigenvalue weighted by atomic mass is 9.93. The van der Waals surface area contributed by atoms with Crippen LogP contribution >= 0.6 is 0 Å². The minimum absolute atomic E-state index is 0.322. The third-order valence-electron chi connectivity index (χ3n) is 3.47. The molecule has 0 saturated heterocycles. The van der Waals surface area contributed by atoms with Crippen LogP contribution in [0.5, 0.6) is 23.0 Å². The molecule has 6 heteroatoms. The number of ether oxygens (including phenoxy) is 5. The first-order valence-corrected chi connectivity index (χ1v) is 6.59. The molecule has 0 N–H and O–H groups in total. The lowest BCUT2D eigenvalue weighted by Gasteiger charge is -2.23. The summed E-state index contributed by atoms with van der Waals surface area (Å²) in [6.07, 6.45) is 2.13. The number of hydrogen-bond acceptors (Lipinski definition) is 6. The molecule has 0 saturated carbocycles. The van der Waals surface area contributed by atoms with Gasteiger partial charge in [0.15, 0.2) is 17.9 Å². The smallest absolute Gasteiger partial charge is 0.207 e. The van der Waals surface area contributed by atoms with Crippen LogP contribution in [-0.2, 0) is 11.2 Å². The van der Waals surface area contributed by atoms with E-state index >= 15 is 0 Å². The highest BCUT2D eigenvalue weighted by Gasteiger charge is 2.31. The molecule has 1 aromatic carbocycles. The first kappa shape index (κ1) is 15.3. The first-order chi connectivity index (χ1) is 10.1. The molecule has 21 heavy (non-hydrogen) atoms. The summed E-state index contributed by atoms with van der Waals surface area (Å²) >= 11 is 0. The Morgan fingerprint density at radius 2 is 1.71 bits per heavy atom. The number of methoxy groups -OCH3 is 4. The molecule has 0 fully saturated rings. The van der Waals surface area contributed by atoms with Crippen LogP contribution in [0.15, 0.2) is 11.1 Å². The van der Waals surface area contributed by atoms with E-state index in [1.54, 1.807) is 28.4 Å². The highest BCUT2D eigenvalue weighted by molar-refractivity contribution is 5.63. The van der Waals surface area contributed by atoms with Crippen molar-refractivity contribution in [3.63, 3.8) is 0 Å². The van der Waals surface area contributed by atoms with Gasteiger partial charge in [0.2, 0.25) is 11.5 Å². The molecule has 1 atom stereocenters. The van der Waals surface area contributed by atoms with Gasteiger partial charge in [-0.05, 0) is 13.0 Å². The number of benzene rings is 1. The van der Waals surface area contributed by atoms with Crippen LogP contribution in [0.2, 0.25) is 0 Å². The molecule has 1 aliphatic heterocycles. The van der Waals surface area contributed by atoms with Crippen LogP contribution in [0.3, 0.4) is 0 Å². The minimum Gasteiger partial charge on any atom is -0.493 e. The molecule has 116 valence electrons. The zero-order valence-corrected chi connectivity index (χ0v) is 13.1. The Bertz CT molecular complexity index is 543. The van der Waals surface area contributed by atoms with Crippen LogP contribution in [0.1, 0.15) is 12.5 Å². The van der Waals surface area contributed by atoms with Gasteiger partial charge in [0.1, 0.15) is 6.61 Å². The largest absolute Gasteiger partial charge is 0.493 e. The summed E-state index contributed by atoms with van der Waals surface area (Å²) < 4.78 is 26.9. The molecular weight excluding hydrogens is 274 g/mol. The molecule has 2 rings (SSSR count). The van der Waals surface area contributed by atoms with Gasteiger partial charge in [0, 0.05) is 12.0 Å². The maximum absolute atomic E-state index is 5.51. The summed E-state index contributed by atoms with van der Waals surface area (Å²) in [5.74, 6) is 2.24. The van der Waals surface area contributed by atoms with E-state index < -0.39 is 0 Å². The Hall–Kier alpha value is -2.11. The third kappa shape index (κ3) is 2.84. The molecular formula is C15H21NO5. The van der Waals surface area contributed by atoms with Crippen molar-refractivity contribution < 1.29 is 23.7 Å². The van der Waals surface area contributed by atoms with E-state index in [0.29, 0.717) is 36.0 Å². The van der Waals surface area contributed by atoms with Gasteiger partial charge in [0.05, 0.1) is 34.0 Å². The van der Waals surface area contributed by atoms with E-state index in [4.69, 9.17) is 23.7 Å². The van der Waals surface area contributed by atoms with Crippen molar-refractivity contribution in [3.05, 3.63) is 11.6 Å². The summed E-state index contributed by atoms with van der Waals surface area (Å²) in [7, 11) is 6.33. The lowest BCUT2D eigenvalue weighted by molar-refractivity contribution is 0.268. The van der Waals surface area contributed by atoms with Gasteiger partial charge in [-0.1, -0.05) is 0 Å². The van der Waals surface area contributed by atoms with Crippen LogP contribution in [0.4, 0.5) is 0 Å². The van der Waals surface area contributed by atoms with Gasteiger partial charge in [-0.25, -0.2) is 4.99 Å². The van der Waals surface area contributed by atoms with Crippen LogP contribution < -0.4 is 18.9 Å². The Morgan fingerprint density at radius 3 is 2.19 bits per heavy atom. The molecule has 1 heterocycles. The molecule has 0 aliphatic carbocycles. The molecule has 0 bridgehead atoms. The normalized spacial score (nSPS) is 20.0. The standard InChI is InChI=1S/C15H21NO5/c1-15(8-21-9-16-15)7-10-6-11(17-2)13(19-4)14(20-5)12(10)18-3/h6,9H,7-8H2,1-5H3. The van der Waals surface area contributed by atoms with Crippen molar-refractivity contribution in [2.24, 2.45) is 4.99 Å². The zero-order valence-electron chi connectivity index (χ0n) is 13.1. The predicted octanol–water partition coefficient (Wildman–Crippen LogP) is 2.08. The quantitative estimate of drug-likeness (QED) is 0.804. The van der Waals surface area contributed by atoms with E-state index in [0.717, 1.165) is 5.56 Å². The number of nitrogens with zero attached hydrogens (tertiary/aromatic N) is 1. The van der Waals surface area contributed by atoms with Crippen molar-refractivity contribution in [1.29, 1.82) is 0 Å². The fourth-order valence-electron chi connectivity index (χ4n) is 2.46. The van der Waals surface area contributed by atoms with E-state index in [-0.39, 0.29) is 5.54 Å². The Kier molecular flexibility index (Phi) is 4.45. The highest BCUT2D eigenvalue weighted by atomic mass is 16.5. The van der Waals surface area contributed by atoms with Gasteiger partial charge in [-0.15, -0.1) is 0 Å². The third-order valence-corrected chi connectivity index (χ3v) is 3.47. The Balaban J connectivity index is 2.51. The maximum Gasteiger partial charge on any atom is 0.207 e. The Morgan fingerprint density at radius 1 is 1.05 bits per heavy atom. The van der Waals surface area contributed by atoms with Crippen LogP contribution in [0, 0.1) is 0 Å². The molecule has 0 radical (unpaired) electrons. The van der Waals surface area contributed by atoms with Gasteiger partial charge in [0.25, 0.3) is 0 Å². The van der Waals surface area contributed by atoms with E-state index in [1.165, 1.54) is 6.40 Å². The van der Waals surface area contributed by atoms with Crippen molar-refractivity contribution in [3.8, 4) is 23.0 Å². The molecule has 0 aromatic heterocycles. The van der Waals surface area contributed by atoms with Gasteiger partial charge in [-0.3, -0.25) is 0 Å². The zero-order chi connectivity index (χ0) is 15.5. The second-order valence-electron chi connectivity index (χ2n) is 5.06.